The molecule has 2 saturated heterocycles. The van der Waals surface area contributed by atoms with E-state index >= 15 is 0 Å². The van der Waals surface area contributed by atoms with Crippen LogP contribution in [0.3, 0.4) is 0 Å². The fourth-order valence-electron chi connectivity index (χ4n) is 4.76. The molecule has 3 N–H and O–H groups in total. The first-order valence-electron chi connectivity index (χ1n) is 11.3. The van der Waals surface area contributed by atoms with Gasteiger partial charge in [0.05, 0.1) is 24.9 Å². The third kappa shape index (κ3) is 5.86. The van der Waals surface area contributed by atoms with Crippen LogP contribution in [0.4, 0.5) is 0 Å². The number of aliphatic hydroxyl groups excluding tert-OH is 1. The molecule has 7 atom stereocenters. The molecule has 2 fully saturated rings. The summed E-state index contributed by atoms with van der Waals surface area (Å²) in [7, 11) is -3.33. The zero-order chi connectivity index (χ0) is 24.4. The lowest BCUT2D eigenvalue weighted by molar-refractivity contribution is -0.335. The van der Waals surface area contributed by atoms with Crippen molar-refractivity contribution in [3.63, 3.8) is 0 Å². The van der Waals surface area contributed by atoms with Crippen LogP contribution in [0.1, 0.15) is 46.1 Å². The summed E-state index contributed by atoms with van der Waals surface area (Å²) in [5.41, 5.74) is 0.0799. The lowest BCUT2D eigenvalue weighted by Gasteiger charge is -2.50. The van der Waals surface area contributed by atoms with Gasteiger partial charge in [-0.05, 0) is 18.9 Å². The second-order valence-electron chi connectivity index (χ2n) is 9.63. The van der Waals surface area contributed by atoms with Crippen LogP contribution in [0, 0.1) is 11.3 Å². The van der Waals surface area contributed by atoms with Crippen LogP contribution in [-0.2, 0) is 34.6 Å². The van der Waals surface area contributed by atoms with E-state index in [9.17, 15) is 19.5 Å². The van der Waals surface area contributed by atoms with E-state index in [1.165, 1.54) is 7.11 Å². The number of methoxy groups -OCH3 is 1. The number of hydrogen-bond acceptors (Lipinski definition) is 7. The summed E-state index contributed by atoms with van der Waals surface area (Å²) in [6.07, 6.45) is -2.76. The molecule has 2 heterocycles. The van der Waals surface area contributed by atoms with Crippen LogP contribution in [0.25, 0.3) is 0 Å². The first-order valence-corrected chi connectivity index (χ1v) is 12.9. The minimum atomic E-state index is -4.82. The molecule has 2 aliphatic rings. The van der Waals surface area contributed by atoms with E-state index in [-0.39, 0.29) is 18.4 Å². The number of phosphoric acid groups is 1. The molecule has 0 bridgehead atoms. The fourth-order valence-corrected chi connectivity index (χ4v) is 5.44. The number of ether oxygens (including phenoxy) is 4. The first-order chi connectivity index (χ1) is 15.4. The van der Waals surface area contributed by atoms with E-state index in [1.807, 2.05) is 37.3 Å². The molecule has 9 nitrogen and oxygen atoms in total. The second kappa shape index (κ2) is 10.4. The Balaban J connectivity index is 1.76. The Hall–Kier alpha value is -0.870. The molecule has 33 heavy (non-hydrogen) atoms. The Labute approximate surface area is 195 Å². The highest BCUT2D eigenvalue weighted by Crippen LogP contribution is 2.58. The molecule has 1 spiro atoms. The average molecular weight is 489 g/mol. The highest BCUT2D eigenvalue weighted by molar-refractivity contribution is 7.46. The van der Waals surface area contributed by atoms with Crippen molar-refractivity contribution in [3.8, 4) is 0 Å². The fraction of sp³-hybridized carbons (Fsp3) is 0.739. The minimum Gasteiger partial charge on any atom is -0.393 e. The van der Waals surface area contributed by atoms with E-state index in [4.69, 9.17) is 23.5 Å². The van der Waals surface area contributed by atoms with Crippen molar-refractivity contribution in [2.45, 2.75) is 83.5 Å². The van der Waals surface area contributed by atoms with Gasteiger partial charge in [-0.2, -0.15) is 0 Å². The number of phosphoric ester groups is 1. The van der Waals surface area contributed by atoms with E-state index in [1.54, 1.807) is 20.8 Å². The average Bonchev–Trinajstić information content (AvgIpc) is 2.94. The Morgan fingerprint density at radius 2 is 1.88 bits per heavy atom. The summed E-state index contributed by atoms with van der Waals surface area (Å²) in [4.78, 5) is 19.1. The summed E-state index contributed by atoms with van der Waals surface area (Å²) in [6, 6.07) is 9.85. The van der Waals surface area contributed by atoms with E-state index < -0.39 is 43.4 Å². The topological polar surface area (TPSA) is 124 Å². The zero-order valence-corrected chi connectivity index (χ0v) is 20.8. The van der Waals surface area contributed by atoms with Gasteiger partial charge in [0.1, 0.15) is 12.2 Å². The summed E-state index contributed by atoms with van der Waals surface area (Å²) >= 11 is 0. The largest absolute Gasteiger partial charge is 0.469 e. The highest BCUT2D eigenvalue weighted by atomic mass is 31.2. The Kier molecular flexibility index (Phi) is 8.42. The smallest absolute Gasteiger partial charge is 0.393 e. The number of aliphatic hydroxyl groups is 1. The summed E-state index contributed by atoms with van der Waals surface area (Å²) in [6.45, 7) is 8.12. The van der Waals surface area contributed by atoms with Crippen LogP contribution in [0.5, 0.6) is 0 Å². The molecular weight excluding hydrogens is 451 g/mol. The lowest BCUT2D eigenvalue weighted by Crippen LogP contribution is -2.58. The summed E-state index contributed by atoms with van der Waals surface area (Å²) in [5.74, 6) is -1.48. The first kappa shape index (κ1) is 26.7. The molecule has 0 amide bonds. The van der Waals surface area contributed by atoms with Crippen LogP contribution in [0.15, 0.2) is 30.3 Å². The standard InChI is InChI=1S/C23H37O9P/c1-15-18(24)13-23(30-19(15)11-12-29-14-17-9-7-6-8-10-17)22(3,4)21(32-33(25,26)27)20(31-23)16(2)28-5/h6-10,15-16,18-21,24H,11-14H2,1-5H3,(H2,25,26,27)/t15-,16-,18+,19-,20+,21-,23+/m1/s1. The van der Waals surface area contributed by atoms with Gasteiger partial charge in [0.2, 0.25) is 0 Å². The predicted molar refractivity (Wildman–Crippen MR) is 120 cm³/mol. The van der Waals surface area contributed by atoms with Gasteiger partial charge in [0.25, 0.3) is 0 Å². The molecule has 1 aromatic carbocycles. The Bertz CT molecular complexity index is 813. The van der Waals surface area contributed by atoms with Gasteiger partial charge < -0.3 is 33.8 Å². The molecule has 0 aliphatic carbocycles. The molecular formula is C23H37O9P. The summed E-state index contributed by atoms with van der Waals surface area (Å²) < 4.78 is 41.0. The molecule has 0 saturated carbocycles. The lowest BCUT2D eigenvalue weighted by atomic mass is 9.72. The number of rotatable bonds is 9. The summed E-state index contributed by atoms with van der Waals surface area (Å²) in [5, 5.41) is 10.9. The molecule has 188 valence electrons. The van der Waals surface area contributed by atoms with Crippen molar-refractivity contribution in [3.05, 3.63) is 35.9 Å². The number of hydrogen-bond donors (Lipinski definition) is 3. The van der Waals surface area contributed by atoms with Crippen molar-refractivity contribution < 1.29 is 42.9 Å². The van der Waals surface area contributed by atoms with E-state index in [2.05, 4.69) is 0 Å². The maximum Gasteiger partial charge on any atom is 0.469 e. The maximum absolute atomic E-state index is 11.7. The quantitative estimate of drug-likeness (QED) is 0.355. The predicted octanol–water partition coefficient (Wildman–Crippen LogP) is 3.01. The zero-order valence-electron chi connectivity index (χ0n) is 19.9. The van der Waals surface area contributed by atoms with Crippen molar-refractivity contribution in [1.29, 1.82) is 0 Å². The molecule has 10 heteroatoms. The van der Waals surface area contributed by atoms with Gasteiger partial charge in [0.15, 0.2) is 5.79 Å². The highest BCUT2D eigenvalue weighted by Gasteiger charge is 2.67. The monoisotopic (exact) mass is 488 g/mol. The third-order valence-corrected chi connectivity index (χ3v) is 7.58. The van der Waals surface area contributed by atoms with Crippen molar-refractivity contribution in [1.82, 2.24) is 0 Å². The van der Waals surface area contributed by atoms with E-state index in [0.29, 0.717) is 19.6 Å². The minimum absolute atomic E-state index is 0.149. The van der Waals surface area contributed by atoms with Gasteiger partial charge >= 0.3 is 7.82 Å². The molecule has 0 unspecified atom stereocenters. The van der Waals surface area contributed by atoms with Gasteiger partial charge in [-0.1, -0.05) is 51.1 Å². The van der Waals surface area contributed by atoms with Crippen LogP contribution < -0.4 is 0 Å². The van der Waals surface area contributed by atoms with Crippen molar-refractivity contribution in [2.24, 2.45) is 11.3 Å². The maximum atomic E-state index is 11.7. The molecule has 1 aromatic rings. The van der Waals surface area contributed by atoms with E-state index in [0.717, 1.165) is 5.56 Å². The van der Waals surface area contributed by atoms with Crippen LogP contribution in [-0.4, -0.2) is 64.9 Å². The van der Waals surface area contributed by atoms with Gasteiger partial charge in [-0.15, -0.1) is 0 Å². The molecule has 0 aromatic heterocycles. The van der Waals surface area contributed by atoms with Crippen molar-refractivity contribution in [2.75, 3.05) is 13.7 Å². The SMILES string of the molecule is CO[C@H](C)[C@@H]1O[C@@]2(C[C@H](O)[C@@H](C)[C@@H](CCOCc3ccccc3)O2)C(C)(C)[C@@H]1OP(=O)(O)O. The van der Waals surface area contributed by atoms with Crippen LogP contribution >= 0.6 is 7.82 Å². The second-order valence-corrected chi connectivity index (χ2v) is 10.8. The normalized spacial score (nSPS) is 35.1. The van der Waals surface area contributed by atoms with Crippen molar-refractivity contribution >= 4 is 7.82 Å². The van der Waals surface area contributed by atoms with Crippen LogP contribution in [0.2, 0.25) is 0 Å². The Morgan fingerprint density at radius 3 is 2.48 bits per heavy atom. The van der Waals surface area contributed by atoms with Gasteiger partial charge in [0, 0.05) is 31.5 Å². The number of benzene rings is 1. The molecule has 3 rings (SSSR count). The van der Waals surface area contributed by atoms with Gasteiger partial charge in [-0.3, -0.25) is 4.52 Å². The molecule has 0 radical (unpaired) electrons. The van der Waals surface area contributed by atoms with Gasteiger partial charge in [-0.25, -0.2) is 4.57 Å². The Morgan fingerprint density at radius 1 is 1.21 bits per heavy atom. The molecule has 2 aliphatic heterocycles. The third-order valence-electron chi connectivity index (χ3n) is 7.07.